The Hall–Kier alpha value is -0.160. The van der Waals surface area contributed by atoms with Gasteiger partial charge in [0.1, 0.15) is 0 Å². The number of ketones is 1. The molecule has 0 saturated carbocycles. The molecule has 0 amide bonds. The summed E-state index contributed by atoms with van der Waals surface area (Å²) in [6.07, 6.45) is 0.770. The molecule has 0 aromatic carbocycles. The molecule has 0 saturated heterocycles. The zero-order chi connectivity index (χ0) is 7.40. The molecule has 1 aromatic rings. The van der Waals surface area contributed by atoms with Crippen LogP contribution in [0.25, 0.3) is 0 Å². The summed E-state index contributed by atoms with van der Waals surface area (Å²) in [4.78, 5) is 11.3. The molecule has 52 valence electrons. The monoisotopic (exact) mass is 177 g/mol. The summed E-state index contributed by atoms with van der Waals surface area (Å²) in [5.41, 5.74) is 0. The third-order valence-corrected chi connectivity index (χ3v) is 1.82. The standard InChI is InChI=1S/C6H5NO2S.Na/c8-5(4-7-9)6-2-1-3-10-6;/h1-4,9H;/q;+1/p-1/b7-4+;. The Morgan fingerprint density at radius 2 is 2.45 bits per heavy atom. The van der Waals surface area contributed by atoms with Crippen molar-refractivity contribution in [3.63, 3.8) is 0 Å². The summed E-state index contributed by atoms with van der Waals surface area (Å²) in [6.45, 7) is 0. The topological polar surface area (TPSA) is 52.5 Å². The van der Waals surface area contributed by atoms with E-state index in [1.165, 1.54) is 11.3 Å². The van der Waals surface area contributed by atoms with Gasteiger partial charge in [-0.1, -0.05) is 6.07 Å². The quantitative estimate of drug-likeness (QED) is 0.239. The van der Waals surface area contributed by atoms with Crippen LogP contribution in [0.3, 0.4) is 0 Å². The van der Waals surface area contributed by atoms with Gasteiger partial charge in [-0.25, -0.2) is 0 Å². The van der Waals surface area contributed by atoms with Crippen LogP contribution in [0.5, 0.6) is 0 Å². The van der Waals surface area contributed by atoms with Gasteiger partial charge in [-0.2, -0.15) is 0 Å². The molecule has 11 heavy (non-hydrogen) atoms. The van der Waals surface area contributed by atoms with Crippen molar-refractivity contribution in [1.82, 2.24) is 0 Å². The van der Waals surface area contributed by atoms with Crippen LogP contribution in [-0.2, 0) is 0 Å². The Labute approximate surface area is 90.0 Å². The van der Waals surface area contributed by atoms with Crippen molar-refractivity contribution >= 4 is 23.3 Å². The Balaban J connectivity index is 0.000001000. The van der Waals surface area contributed by atoms with E-state index in [1.54, 1.807) is 17.5 Å². The number of nitrogens with zero attached hydrogens (tertiary/aromatic N) is 1. The minimum Gasteiger partial charge on any atom is -0.792 e. The average Bonchev–Trinajstić information content (AvgIpc) is 2.38. The molecule has 0 fully saturated rings. The molecule has 0 unspecified atom stereocenters. The fourth-order valence-electron chi connectivity index (χ4n) is 0.530. The second kappa shape index (κ2) is 5.49. The van der Waals surface area contributed by atoms with E-state index in [4.69, 9.17) is 0 Å². The van der Waals surface area contributed by atoms with Gasteiger partial charge in [-0.05, 0) is 11.4 Å². The van der Waals surface area contributed by atoms with Crippen molar-refractivity contribution < 1.29 is 34.4 Å². The van der Waals surface area contributed by atoms with Crippen LogP contribution in [0.4, 0.5) is 0 Å². The van der Waals surface area contributed by atoms with Crippen LogP contribution in [0.15, 0.2) is 22.7 Å². The van der Waals surface area contributed by atoms with E-state index in [0.717, 1.165) is 6.21 Å². The molecular formula is C6H4NNaO2S. The normalized spacial score (nSPS) is 9.45. The van der Waals surface area contributed by atoms with Crippen LogP contribution in [0.2, 0.25) is 0 Å². The molecule has 0 aliphatic heterocycles. The number of thiophene rings is 1. The second-order valence-corrected chi connectivity index (χ2v) is 2.52. The van der Waals surface area contributed by atoms with Crippen molar-refractivity contribution in [2.45, 2.75) is 0 Å². The van der Waals surface area contributed by atoms with Gasteiger partial charge in [0.05, 0.1) is 11.1 Å². The van der Waals surface area contributed by atoms with E-state index in [2.05, 4.69) is 5.16 Å². The second-order valence-electron chi connectivity index (χ2n) is 1.58. The maximum absolute atomic E-state index is 10.8. The summed E-state index contributed by atoms with van der Waals surface area (Å²) < 4.78 is 0. The average molecular weight is 177 g/mol. The van der Waals surface area contributed by atoms with E-state index in [0.29, 0.717) is 4.88 Å². The molecule has 0 radical (unpaired) electrons. The molecule has 5 heteroatoms. The van der Waals surface area contributed by atoms with E-state index < -0.39 is 0 Å². The molecule has 0 spiro atoms. The predicted octanol–water partition coefficient (Wildman–Crippen LogP) is -1.50. The van der Waals surface area contributed by atoms with Crippen LogP contribution >= 0.6 is 11.3 Å². The molecule has 0 bridgehead atoms. The van der Waals surface area contributed by atoms with Gasteiger partial charge >= 0.3 is 29.6 Å². The Morgan fingerprint density at radius 3 is 2.91 bits per heavy atom. The number of carbonyl (C=O) groups excluding carboxylic acids is 1. The van der Waals surface area contributed by atoms with Crippen LogP contribution < -0.4 is 29.6 Å². The first-order valence-corrected chi connectivity index (χ1v) is 3.46. The van der Waals surface area contributed by atoms with E-state index in [9.17, 15) is 10.0 Å². The van der Waals surface area contributed by atoms with Gasteiger partial charge in [0.2, 0.25) is 5.78 Å². The van der Waals surface area contributed by atoms with Crippen molar-refractivity contribution in [1.29, 1.82) is 0 Å². The zero-order valence-corrected chi connectivity index (χ0v) is 8.80. The fourth-order valence-corrected chi connectivity index (χ4v) is 1.16. The Morgan fingerprint density at radius 1 is 1.73 bits per heavy atom. The Kier molecular flexibility index (Phi) is 5.41. The van der Waals surface area contributed by atoms with Crippen molar-refractivity contribution in [3.05, 3.63) is 27.6 Å². The molecule has 0 N–H and O–H groups in total. The van der Waals surface area contributed by atoms with Crippen molar-refractivity contribution in [3.8, 4) is 0 Å². The molecule has 1 aromatic heterocycles. The first-order chi connectivity index (χ1) is 4.84. The summed E-state index contributed by atoms with van der Waals surface area (Å²) >= 11 is 1.29. The largest absolute Gasteiger partial charge is 1.00 e. The van der Waals surface area contributed by atoms with Gasteiger partial charge in [-0.3, -0.25) is 4.79 Å². The van der Waals surface area contributed by atoms with Crippen molar-refractivity contribution in [2.75, 3.05) is 0 Å². The van der Waals surface area contributed by atoms with Gasteiger partial charge in [-0.15, -0.1) is 11.3 Å². The van der Waals surface area contributed by atoms with E-state index >= 15 is 0 Å². The molecular weight excluding hydrogens is 173 g/mol. The predicted molar refractivity (Wildman–Crippen MR) is 40.5 cm³/mol. The smallest absolute Gasteiger partial charge is 0.792 e. The third kappa shape index (κ3) is 3.16. The maximum atomic E-state index is 10.8. The minimum atomic E-state index is -0.329. The van der Waals surface area contributed by atoms with E-state index in [-0.39, 0.29) is 35.3 Å². The minimum absolute atomic E-state index is 0. The molecule has 0 aliphatic carbocycles. The number of carbonyl (C=O) groups is 1. The van der Waals surface area contributed by atoms with Crippen molar-refractivity contribution in [2.24, 2.45) is 5.16 Å². The van der Waals surface area contributed by atoms with Gasteiger partial charge in [0.15, 0.2) is 0 Å². The third-order valence-electron chi connectivity index (χ3n) is 0.934. The Bertz CT molecular complexity index is 245. The molecule has 0 atom stereocenters. The molecule has 1 rings (SSSR count). The first-order valence-electron chi connectivity index (χ1n) is 2.58. The number of hydrogen-bond donors (Lipinski definition) is 0. The summed E-state index contributed by atoms with van der Waals surface area (Å²) in [5, 5.41) is 13.7. The van der Waals surface area contributed by atoms with E-state index in [1.807, 2.05) is 0 Å². The zero-order valence-electron chi connectivity index (χ0n) is 5.98. The number of rotatable bonds is 2. The number of Topliss-reactive ketones (excluding diaryl/α,β-unsaturated/α-hetero) is 1. The summed E-state index contributed by atoms with van der Waals surface area (Å²) in [5.74, 6) is -0.329. The summed E-state index contributed by atoms with van der Waals surface area (Å²) in [7, 11) is 0. The van der Waals surface area contributed by atoms with Crippen LogP contribution in [0.1, 0.15) is 9.67 Å². The summed E-state index contributed by atoms with van der Waals surface area (Å²) in [6, 6.07) is 3.39. The molecule has 0 aliphatic rings. The number of hydrogen-bond acceptors (Lipinski definition) is 4. The molecule has 3 nitrogen and oxygen atoms in total. The van der Waals surface area contributed by atoms with Gasteiger partial charge < -0.3 is 10.4 Å². The maximum Gasteiger partial charge on any atom is 1.00 e. The molecule has 1 heterocycles. The van der Waals surface area contributed by atoms with Crippen LogP contribution in [0, 0.1) is 5.21 Å². The van der Waals surface area contributed by atoms with Gasteiger partial charge in [0.25, 0.3) is 0 Å². The SMILES string of the molecule is O=C(/C=N/[O-])c1cccs1.[Na+]. The van der Waals surface area contributed by atoms with Gasteiger partial charge in [0, 0.05) is 0 Å². The first kappa shape index (κ1) is 10.8. The fraction of sp³-hybridized carbons (Fsp3) is 0. The van der Waals surface area contributed by atoms with Crippen LogP contribution in [-0.4, -0.2) is 12.0 Å².